The molecule has 1 aromatic rings. The Bertz CT molecular complexity index is 364. The Balaban J connectivity index is 1.59. The molecule has 2 atom stereocenters. The lowest BCUT2D eigenvalue weighted by Gasteiger charge is -2.24. The van der Waals surface area contributed by atoms with Gasteiger partial charge in [0.15, 0.2) is 5.82 Å². The number of hydrogen-bond acceptors (Lipinski definition) is 5. The van der Waals surface area contributed by atoms with E-state index in [4.69, 9.17) is 4.52 Å². The van der Waals surface area contributed by atoms with Gasteiger partial charge < -0.3 is 9.84 Å². The van der Waals surface area contributed by atoms with E-state index in [2.05, 4.69) is 20.4 Å². The first-order valence-electron chi connectivity index (χ1n) is 6.62. The Kier molecular flexibility index (Phi) is 3.11. The summed E-state index contributed by atoms with van der Waals surface area (Å²) in [6.07, 6.45) is 3.50. The summed E-state index contributed by atoms with van der Waals surface area (Å²) >= 11 is 0. The van der Waals surface area contributed by atoms with E-state index in [1.807, 2.05) is 6.92 Å². The zero-order valence-electron chi connectivity index (χ0n) is 10.4. The molecule has 1 aromatic heterocycles. The Labute approximate surface area is 102 Å². The zero-order chi connectivity index (χ0) is 11.7. The highest BCUT2D eigenvalue weighted by atomic mass is 16.5. The fourth-order valence-corrected chi connectivity index (χ4v) is 2.96. The van der Waals surface area contributed by atoms with Crippen molar-refractivity contribution in [2.75, 3.05) is 19.6 Å². The minimum atomic E-state index is 0.682. The molecule has 0 aliphatic carbocycles. The monoisotopic (exact) mass is 236 g/mol. The standard InChI is InChI=1S/C12H20N4O/c1-2-12-14-11(15-17-12)8-16-6-9-4-3-5-13-10(9)7-16/h9-10,13H,2-8H2,1H3/t9-,10+/m0/s1. The molecule has 2 aliphatic rings. The largest absolute Gasteiger partial charge is 0.339 e. The van der Waals surface area contributed by atoms with E-state index < -0.39 is 0 Å². The van der Waals surface area contributed by atoms with E-state index >= 15 is 0 Å². The topological polar surface area (TPSA) is 54.2 Å². The quantitative estimate of drug-likeness (QED) is 0.842. The number of nitrogens with one attached hydrogen (secondary N) is 1. The summed E-state index contributed by atoms with van der Waals surface area (Å²) in [5.74, 6) is 2.40. The molecule has 3 heterocycles. The van der Waals surface area contributed by atoms with Crippen molar-refractivity contribution >= 4 is 0 Å². The number of aryl methyl sites for hydroxylation is 1. The van der Waals surface area contributed by atoms with Gasteiger partial charge in [-0.3, -0.25) is 4.90 Å². The molecule has 94 valence electrons. The van der Waals surface area contributed by atoms with Crippen LogP contribution in [0.25, 0.3) is 0 Å². The van der Waals surface area contributed by atoms with Crippen LogP contribution >= 0.6 is 0 Å². The third-order valence-corrected chi connectivity index (χ3v) is 3.85. The van der Waals surface area contributed by atoms with Gasteiger partial charge in [0.05, 0.1) is 6.54 Å². The molecule has 0 amide bonds. The first-order chi connectivity index (χ1) is 8.35. The van der Waals surface area contributed by atoms with Crippen LogP contribution in [0.5, 0.6) is 0 Å². The summed E-state index contributed by atoms with van der Waals surface area (Å²) in [4.78, 5) is 6.81. The number of piperidine rings is 1. The third-order valence-electron chi connectivity index (χ3n) is 3.85. The molecule has 0 aromatic carbocycles. The second kappa shape index (κ2) is 4.74. The number of nitrogens with zero attached hydrogens (tertiary/aromatic N) is 3. The SMILES string of the molecule is CCc1nc(CN2C[C@@H]3CCCN[C@@H]3C2)no1. The van der Waals surface area contributed by atoms with Gasteiger partial charge in [-0.05, 0) is 25.3 Å². The molecule has 17 heavy (non-hydrogen) atoms. The molecule has 2 saturated heterocycles. The smallest absolute Gasteiger partial charge is 0.226 e. The van der Waals surface area contributed by atoms with Crippen LogP contribution < -0.4 is 5.32 Å². The highest BCUT2D eigenvalue weighted by Crippen LogP contribution is 2.25. The summed E-state index contributed by atoms with van der Waals surface area (Å²) in [7, 11) is 0. The Hall–Kier alpha value is -0.940. The highest BCUT2D eigenvalue weighted by Gasteiger charge is 2.34. The number of fused-ring (bicyclic) bond motifs is 1. The van der Waals surface area contributed by atoms with E-state index in [1.165, 1.54) is 25.9 Å². The molecule has 0 bridgehead atoms. The number of hydrogen-bond donors (Lipinski definition) is 1. The number of likely N-dealkylation sites (tertiary alicyclic amines) is 1. The van der Waals surface area contributed by atoms with Crippen LogP contribution in [-0.2, 0) is 13.0 Å². The zero-order valence-corrected chi connectivity index (χ0v) is 10.4. The minimum Gasteiger partial charge on any atom is -0.339 e. The number of rotatable bonds is 3. The van der Waals surface area contributed by atoms with Gasteiger partial charge in [-0.1, -0.05) is 12.1 Å². The van der Waals surface area contributed by atoms with Gasteiger partial charge in [0.25, 0.3) is 0 Å². The average molecular weight is 236 g/mol. The van der Waals surface area contributed by atoms with Gasteiger partial charge in [-0.25, -0.2) is 0 Å². The Morgan fingerprint density at radius 3 is 3.18 bits per heavy atom. The molecule has 5 nitrogen and oxygen atoms in total. The van der Waals surface area contributed by atoms with Crippen molar-refractivity contribution < 1.29 is 4.52 Å². The second-order valence-corrected chi connectivity index (χ2v) is 5.11. The number of aromatic nitrogens is 2. The van der Waals surface area contributed by atoms with Crippen molar-refractivity contribution in [2.24, 2.45) is 5.92 Å². The van der Waals surface area contributed by atoms with Crippen LogP contribution in [0.1, 0.15) is 31.5 Å². The molecule has 0 radical (unpaired) electrons. The van der Waals surface area contributed by atoms with Gasteiger partial charge in [0, 0.05) is 25.6 Å². The first kappa shape index (κ1) is 11.2. The molecular weight excluding hydrogens is 216 g/mol. The third kappa shape index (κ3) is 2.35. The second-order valence-electron chi connectivity index (χ2n) is 5.11. The molecule has 2 aliphatic heterocycles. The van der Waals surface area contributed by atoms with Gasteiger partial charge in [-0.2, -0.15) is 4.98 Å². The van der Waals surface area contributed by atoms with Crippen LogP contribution in [0.15, 0.2) is 4.52 Å². The Morgan fingerprint density at radius 1 is 1.47 bits per heavy atom. The lowest BCUT2D eigenvalue weighted by molar-refractivity contribution is 0.296. The summed E-state index contributed by atoms with van der Waals surface area (Å²) in [5, 5.41) is 7.63. The predicted molar refractivity (Wildman–Crippen MR) is 63.5 cm³/mol. The van der Waals surface area contributed by atoms with Crippen molar-refractivity contribution in [3.05, 3.63) is 11.7 Å². The van der Waals surface area contributed by atoms with Gasteiger partial charge in [0.2, 0.25) is 5.89 Å². The van der Waals surface area contributed by atoms with Crippen LogP contribution in [0.3, 0.4) is 0 Å². The maximum Gasteiger partial charge on any atom is 0.226 e. The molecular formula is C12H20N4O. The minimum absolute atomic E-state index is 0.682. The van der Waals surface area contributed by atoms with Crippen molar-refractivity contribution in [3.8, 4) is 0 Å². The first-order valence-corrected chi connectivity index (χ1v) is 6.62. The molecule has 5 heteroatoms. The lowest BCUT2D eigenvalue weighted by Crippen LogP contribution is -2.40. The van der Waals surface area contributed by atoms with E-state index in [0.717, 1.165) is 37.1 Å². The molecule has 0 saturated carbocycles. The molecule has 1 N–H and O–H groups in total. The van der Waals surface area contributed by atoms with Crippen LogP contribution in [-0.4, -0.2) is 40.7 Å². The van der Waals surface area contributed by atoms with Gasteiger partial charge in [-0.15, -0.1) is 0 Å². The van der Waals surface area contributed by atoms with Crippen molar-refractivity contribution in [1.29, 1.82) is 0 Å². The summed E-state index contributed by atoms with van der Waals surface area (Å²) in [5.41, 5.74) is 0. The molecule has 3 rings (SSSR count). The maximum absolute atomic E-state index is 5.14. The lowest BCUT2D eigenvalue weighted by atomic mass is 9.94. The van der Waals surface area contributed by atoms with Crippen molar-refractivity contribution in [1.82, 2.24) is 20.4 Å². The van der Waals surface area contributed by atoms with E-state index in [-0.39, 0.29) is 0 Å². The molecule has 0 unspecified atom stereocenters. The van der Waals surface area contributed by atoms with E-state index in [0.29, 0.717) is 6.04 Å². The van der Waals surface area contributed by atoms with Crippen LogP contribution in [0, 0.1) is 5.92 Å². The predicted octanol–water partition coefficient (Wildman–Crippen LogP) is 0.816. The van der Waals surface area contributed by atoms with E-state index in [9.17, 15) is 0 Å². The fourth-order valence-electron chi connectivity index (χ4n) is 2.96. The van der Waals surface area contributed by atoms with Crippen molar-refractivity contribution in [2.45, 2.75) is 38.8 Å². The fraction of sp³-hybridized carbons (Fsp3) is 0.833. The Morgan fingerprint density at radius 2 is 2.41 bits per heavy atom. The highest BCUT2D eigenvalue weighted by molar-refractivity contribution is 4.94. The summed E-state index contributed by atoms with van der Waals surface area (Å²) < 4.78 is 5.14. The van der Waals surface area contributed by atoms with Crippen LogP contribution in [0.4, 0.5) is 0 Å². The normalized spacial score (nSPS) is 29.5. The average Bonchev–Trinajstić information content (AvgIpc) is 2.94. The van der Waals surface area contributed by atoms with Gasteiger partial charge >= 0.3 is 0 Å². The van der Waals surface area contributed by atoms with Gasteiger partial charge in [0.1, 0.15) is 0 Å². The maximum atomic E-state index is 5.14. The summed E-state index contributed by atoms with van der Waals surface area (Å²) in [6.45, 7) is 6.34. The van der Waals surface area contributed by atoms with E-state index in [1.54, 1.807) is 0 Å². The summed E-state index contributed by atoms with van der Waals surface area (Å²) in [6, 6.07) is 0.682. The van der Waals surface area contributed by atoms with Crippen LogP contribution in [0.2, 0.25) is 0 Å². The van der Waals surface area contributed by atoms with Crippen molar-refractivity contribution in [3.63, 3.8) is 0 Å². The molecule has 2 fully saturated rings. The molecule has 0 spiro atoms.